The van der Waals surface area contributed by atoms with Crippen LogP contribution in [0.2, 0.25) is 0 Å². The normalized spacial score (nSPS) is 27.2. The Hall–Kier alpha value is -4.07. The summed E-state index contributed by atoms with van der Waals surface area (Å²) in [6.07, 6.45) is 58.5. The molecule has 1 amide bonds. The molecule has 3 fully saturated rings. The lowest BCUT2D eigenvalue weighted by molar-refractivity contribution is -0.379. The number of aliphatic hydroxyl groups excluding tert-OH is 11. The lowest BCUT2D eigenvalue weighted by Crippen LogP contribution is -2.66. The number of carbonyl (C=O) groups is 1. The highest BCUT2D eigenvalue weighted by molar-refractivity contribution is 5.76. The van der Waals surface area contributed by atoms with Crippen molar-refractivity contribution < 1.29 is 89.4 Å². The van der Waals surface area contributed by atoms with Gasteiger partial charge in [-0.3, -0.25) is 4.79 Å². The molecule has 12 N–H and O–H groups in total. The van der Waals surface area contributed by atoms with Gasteiger partial charge in [-0.1, -0.05) is 257 Å². The first-order valence-corrected chi connectivity index (χ1v) is 38.4. The monoisotopic (exact) mass is 1410 g/mol. The summed E-state index contributed by atoms with van der Waals surface area (Å²) in [5.41, 5.74) is 0. The second kappa shape index (κ2) is 60.2. The summed E-state index contributed by atoms with van der Waals surface area (Å²) in [5, 5.41) is 121. The fourth-order valence-electron chi connectivity index (χ4n) is 12.0. The molecular formula is C81H135NO18. The maximum Gasteiger partial charge on any atom is 0.220 e. The van der Waals surface area contributed by atoms with Crippen LogP contribution in [0, 0.1) is 0 Å². The van der Waals surface area contributed by atoms with Crippen LogP contribution in [0.4, 0.5) is 0 Å². The third-order valence-corrected chi connectivity index (χ3v) is 18.2. The Morgan fingerprint density at radius 2 is 0.700 bits per heavy atom. The molecule has 3 heterocycles. The molecule has 17 unspecified atom stereocenters. The molecule has 17 atom stereocenters. The Labute approximate surface area is 600 Å². The van der Waals surface area contributed by atoms with Crippen LogP contribution in [0.3, 0.4) is 0 Å². The van der Waals surface area contributed by atoms with Crippen LogP contribution in [0.15, 0.2) is 134 Å². The van der Waals surface area contributed by atoms with E-state index in [9.17, 15) is 61.0 Å². The summed E-state index contributed by atoms with van der Waals surface area (Å²) >= 11 is 0. The summed E-state index contributed by atoms with van der Waals surface area (Å²) in [6.45, 7) is 1.58. The van der Waals surface area contributed by atoms with Crippen LogP contribution in [0.5, 0.6) is 0 Å². The number of allylic oxidation sites excluding steroid dienone is 21. The number of hydrogen-bond acceptors (Lipinski definition) is 18. The predicted molar refractivity (Wildman–Crippen MR) is 396 cm³/mol. The van der Waals surface area contributed by atoms with E-state index in [2.05, 4.69) is 141 Å². The van der Waals surface area contributed by atoms with Gasteiger partial charge < -0.3 is 89.9 Å². The average molecular weight is 1410 g/mol. The second-order valence-corrected chi connectivity index (χ2v) is 26.7. The first-order valence-electron chi connectivity index (χ1n) is 38.4. The predicted octanol–water partition coefficient (Wildman–Crippen LogP) is 12.1. The average Bonchev–Trinajstić information content (AvgIpc) is 0.783. The highest BCUT2D eigenvalue weighted by Gasteiger charge is 2.53. The third-order valence-electron chi connectivity index (χ3n) is 18.2. The number of unbranched alkanes of at least 4 members (excludes halogenated alkanes) is 22. The molecule has 3 aliphatic heterocycles. The van der Waals surface area contributed by atoms with Crippen molar-refractivity contribution in [2.45, 2.75) is 343 Å². The molecule has 572 valence electrons. The number of aliphatic hydroxyl groups is 11. The number of rotatable bonds is 58. The minimum atomic E-state index is -1.99. The van der Waals surface area contributed by atoms with Crippen molar-refractivity contribution in [2.75, 3.05) is 26.4 Å². The van der Waals surface area contributed by atoms with Gasteiger partial charge in [0.05, 0.1) is 38.6 Å². The topological polar surface area (TPSA) is 307 Å². The van der Waals surface area contributed by atoms with Crippen molar-refractivity contribution in [3.63, 3.8) is 0 Å². The van der Waals surface area contributed by atoms with Crippen LogP contribution in [-0.4, -0.2) is 193 Å². The van der Waals surface area contributed by atoms with Gasteiger partial charge in [-0.15, -0.1) is 0 Å². The summed E-state index contributed by atoms with van der Waals surface area (Å²) in [4.78, 5) is 13.5. The van der Waals surface area contributed by atoms with Crippen molar-refractivity contribution in [3.05, 3.63) is 134 Å². The number of amides is 1. The third kappa shape index (κ3) is 40.3. The fraction of sp³-hybridized carbons (Fsp3) is 0.716. The lowest BCUT2D eigenvalue weighted by atomic mass is 9.96. The van der Waals surface area contributed by atoms with Gasteiger partial charge in [0.1, 0.15) is 73.2 Å². The Balaban J connectivity index is 1.41. The van der Waals surface area contributed by atoms with Crippen molar-refractivity contribution in [1.82, 2.24) is 5.32 Å². The largest absolute Gasteiger partial charge is 0.394 e. The van der Waals surface area contributed by atoms with Crippen molar-refractivity contribution in [2.24, 2.45) is 0 Å². The minimum absolute atomic E-state index is 0.213. The van der Waals surface area contributed by atoms with E-state index in [1.165, 1.54) is 83.5 Å². The summed E-state index contributed by atoms with van der Waals surface area (Å²) in [6, 6.07) is -1.01. The molecule has 100 heavy (non-hydrogen) atoms. The first kappa shape index (κ1) is 90.1. The van der Waals surface area contributed by atoms with E-state index in [1.54, 1.807) is 6.08 Å². The Morgan fingerprint density at radius 1 is 0.370 bits per heavy atom. The van der Waals surface area contributed by atoms with E-state index < -0.39 is 124 Å². The van der Waals surface area contributed by atoms with Crippen molar-refractivity contribution >= 4 is 5.91 Å². The molecule has 19 nitrogen and oxygen atoms in total. The van der Waals surface area contributed by atoms with Crippen molar-refractivity contribution in [1.29, 1.82) is 0 Å². The SMILES string of the molecule is CC/C=C\C/C=C\C/C=C\C/C=C\C/C=C\C/C=C\C/C=C\C/C=C\CCCCCCCCCCC(=O)NC(COC1OC(CO)C(OC2OC(CO)C(OC3OC(CO)C(O)C(O)C3O)C(O)C2O)C(O)C1O)C(O)/C=C/CC/C=C/CC/C=C/CCCCCCCCCCCCCC. The molecule has 0 saturated carbocycles. The maximum atomic E-state index is 13.5. The van der Waals surface area contributed by atoms with Gasteiger partial charge >= 0.3 is 0 Å². The Kier molecular flexibility index (Phi) is 54.3. The molecule has 3 saturated heterocycles. The molecule has 0 bridgehead atoms. The smallest absolute Gasteiger partial charge is 0.220 e. The Bertz CT molecular complexity index is 2330. The van der Waals surface area contributed by atoms with E-state index in [1.807, 2.05) is 6.08 Å². The number of carbonyl (C=O) groups excluding carboxylic acids is 1. The first-order chi connectivity index (χ1) is 48.8. The van der Waals surface area contributed by atoms with E-state index in [0.717, 1.165) is 122 Å². The zero-order chi connectivity index (χ0) is 72.5. The van der Waals surface area contributed by atoms with Crippen molar-refractivity contribution in [3.8, 4) is 0 Å². The summed E-state index contributed by atoms with van der Waals surface area (Å²) < 4.78 is 34.4. The van der Waals surface area contributed by atoms with Crippen LogP contribution in [0.25, 0.3) is 0 Å². The standard InChI is InChI=1S/C81H135NO18/c1-3-5-7-9-11-13-15-17-19-21-23-25-27-28-29-30-31-32-33-34-35-36-37-39-41-43-45-47-49-51-53-55-57-59-69(87)82-64(65(86)58-56-54-52-50-48-46-44-42-40-38-26-24-22-20-18-16-14-12-10-8-6-4-2)63-95-79-75(93)72(90)77(67(61-84)97-79)100-81-76(94)73(91)78(68(62-85)98-81)99-80-74(92)71(89)70(88)66(60-83)96-80/h5,7,11,13,17,19,23,25,28-29,31-32,34-35,37,39-40,42,48,50,56,58,64-68,70-81,83-86,88-94H,3-4,6,8-10,12,14-16,18,20-22,24,26-27,30,33,36,38,41,43-47,49,51-55,57,59-63H2,1-2H3,(H,82,87)/b7-5-,13-11-,19-17-,25-23-,29-28-,32-31-,35-34-,39-37-,42-40+,50-48+,58-56+. The highest BCUT2D eigenvalue weighted by Crippen LogP contribution is 2.33. The number of nitrogens with one attached hydrogen (secondary N) is 1. The molecule has 0 aromatic carbocycles. The Morgan fingerprint density at radius 3 is 1.12 bits per heavy atom. The second-order valence-electron chi connectivity index (χ2n) is 26.7. The molecule has 0 aliphatic carbocycles. The van der Waals surface area contributed by atoms with E-state index in [-0.39, 0.29) is 18.9 Å². The number of hydrogen-bond donors (Lipinski definition) is 12. The number of ether oxygens (including phenoxy) is 6. The van der Waals surface area contributed by atoms with Gasteiger partial charge in [-0.05, 0) is 109 Å². The maximum absolute atomic E-state index is 13.5. The van der Waals surface area contributed by atoms with Gasteiger partial charge in [0.2, 0.25) is 5.91 Å². The molecule has 19 heteroatoms. The highest BCUT2D eigenvalue weighted by atomic mass is 16.8. The van der Waals surface area contributed by atoms with Crippen LogP contribution >= 0.6 is 0 Å². The van der Waals surface area contributed by atoms with Crippen LogP contribution < -0.4 is 5.32 Å². The van der Waals surface area contributed by atoms with Gasteiger partial charge in [0.15, 0.2) is 18.9 Å². The molecule has 0 aromatic rings. The van der Waals surface area contributed by atoms with Gasteiger partial charge in [-0.25, -0.2) is 0 Å². The molecule has 0 spiro atoms. The molecule has 0 aromatic heterocycles. The molecular weight excluding hydrogens is 1270 g/mol. The summed E-state index contributed by atoms with van der Waals surface area (Å²) in [5.74, 6) is -0.303. The van der Waals surface area contributed by atoms with E-state index >= 15 is 0 Å². The molecule has 3 aliphatic rings. The zero-order valence-corrected chi connectivity index (χ0v) is 60.9. The van der Waals surface area contributed by atoms with E-state index in [4.69, 9.17) is 28.4 Å². The minimum Gasteiger partial charge on any atom is -0.394 e. The zero-order valence-electron chi connectivity index (χ0n) is 60.9. The van der Waals surface area contributed by atoms with Gasteiger partial charge in [-0.2, -0.15) is 0 Å². The van der Waals surface area contributed by atoms with E-state index in [0.29, 0.717) is 12.8 Å². The lowest BCUT2D eigenvalue weighted by Gasteiger charge is -2.48. The van der Waals surface area contributed by atoms with Gasteiger partial charge in [0.25, 0.3) is 0 Å². The molecule has 3 rings (SSSR count). The van der Waals surface area contributed by atoms with Crippen LogP contribution in [0.1, 0.15) is 239 Å². The quantitative estimate of drug-likeness (QED) is 0.0199. The molecule has 0 radical (unpaired) electrons. The summed E-state index contributed by atoms with van der Waals surface area (Å²) in [7, 11) is 0. The van der Waals surface area contributed by atoms with Crippen LogP contribution in [-0.2, 0) is 33.2 Å². The van der Waals surface area contributed by atoms with Gasteiger partial charge in [0, 0.05) is 6.42 Å². The fourth-order valence-corrected chi connectivity index (χ4v) is 12.0.